The maximum Gasteiger partial charge on any atom is 0.410 e. The summed E-state index contributed by atoms with van der Waals surface area (Å²) in [6, 6.07) is 12.0. The van der Waals surface area contributed by atoms with E-state index in [4.69, 9.17) is 9.73 Å². The van der Waals surface area contributed by atoms with Gasteiger partial charge in [0.1, 0.15) is 12.4 Å². The highest BCUT2D eigenvalue weighted by Crippen LogP contribution is 2.39. The summed E-state index contributed by atoms with van der Waals surface area (Å²) in [5.41, 5.74) is 4.33. The molecule has 4 rings (SSSR count). The summed E-state index contributed by atoms with van der Waals surface area (Å²) in [6.07, 6.45) is 7.76. The van der Waals surface area contributed by atoms with Crippen LogP contribution < -0.4 is 0 Å². The fourth-order valence-electron chi connectivity index (χ4n) is 4.62. The van der Waals surface area contributed by atoms with Crippen molar-refractivity contribution < 1.29 is 9.53 Å². The van der Waals surface area contributed by atoms with Crippen molar-refractivity contribution in [1.29, 1.82) is 0 Å². The maximum atomic E-state index is 12.9. The molecule has 1 aromatic heterocycles. The summed E-state index contributed by atoms with van der Waals surface area (Å²) in [4.78, 5) is 25.4. The minimum absolute atomic E-state index is 0.166. The highest BCUT2D eigenvalue weighted by Gasteiger charge is 2.51. The number of benzene rings is 1. The van der Waals surface area contributed by atoms with E-state index < -0.39 is 0 Å². The van der Waals surface area contributed by atoms with Crippen molar-refractivity contribution in [2.24, 2.45) is 4.99 Å². The third kappa shape index (κ3) is 4.59. The molecule has 3 heterocycles. The molecule has 0 radical (unpaired) electrons. The predicted molar refractivity (Wildman–Crippen MR) is 128 cm³/mol. The summed E-state index contributed by atoms with van der Waals surface area (Å²) >= 11 is 0. The van der Waals surface area contributed by atoms with Crippen molar-refractivity contribution >= 4 is 11.9 Å². The van der Waals surface area contributed by atoms with Crippen LogP contribution in [0, 0.1) is 6.92 Å². The van der Waals surface area contributed by atoms with E-state index in [1.165, 1.54) is 5.57 Å². The van der Waals surface area contributed by atoms with Gasteiger partial charge in [0, 0.05) is 43.3 Å². The second-order valence-corrected chi connectivity index (χ2v) is 8.99. The monoisotopic (exact) mass is 434 g/mol. The summed E-state index contributed by atoms with van der Waals surface area (Å²) in [5, 5.41) is 0. The van der Waals surface area contributed by atoms with E-state index in [9.17, 15) is 4.79 Å². The Kier molecular flexibility index (Phi) is 6.68. The van der Waals surface area contributed by atoms with Gasteiger partial charge >= 0.3 is 6.09 Å². The van der Waals surface area contributed by atoms with Crippen LogP contribution in [0.3, 0.4) is 0 Å². The second kappa shape index (κ2) is 9.63. The number of amidine groups is 1. The Balaban J connectivity index is 1.50. The van der Waals surface area contributed by atoms with Gasteiger partial charge in [0.2, 0.25) is 0 Å². The van der Waals surface area contributed by atoms with Crippen LogP contribution in [-0.2, 0) is 11.3 Å². The van der Waals surface area contributed by atoms with Crippen LogP contribution in [0.15, 0.2) is 59.4 Å². The minimum atomic E-state index is -0.208. The van der Waals surface area contributed by atoms with Gasteiger partial charge in [0.05, 0.1) is 5.54 Å². The largest absolute Gasteiger partial charge is 0.445 e. The number of ether oxygens (including phenoxy) is 1. The molecule has 170 valence electrons. The number of rotatable bonds is 5. The number of aromatic amines is 1. The van der Waals surface area contributed by atoms with Crippen molar-refractivity contribution in [3.8, 4) is 0 Å². The predicted octanol–water partition coefficient (Wildman–Crippen LogP) is 5.26. The van der Waals surface area contributed by atoms with Crippen molar-refractivity contribution in [2.45, 2.75) is 58.6 Å². The van der Waals surface area contributed by atoms with E-state index >= 15 is 0 Å². The number of aryl methyl sites for hydroxylation is 1. The average Bonchev–Trinajstić information content (AvgIpc) is 3.23. The minimum Gasteiger partial charge on any atom is -0.445 e. The zero-order valence-electron chi connectivity index (χ0n) is 19.4. The molecule has 0 saturated carbocycles. The van der Waals surface area contributed by atoms with Gasteiger partial charge in [-0.3, -0.25) is 0 Å². The standard InChI is InChI=1S/C26H34N4O2/c1-4-20(2)17-28-24(23-11-14-27-21(23)3)29-15-8-12-26(19-29)13-16-30(26)25(31)32-18-22-9-6-5-7-10-22/h5-7,9-11,14,17,27H,4,8,12-13,15-16,18-19H2,1-3H3/b20-17+,28-24?. The molecular formula is C26H34N4O2. The molecule has 1 amide bonds. The summed E-state index contributed by atoms with van der Waals surface area (Å²) in [5.74, 6) is 0.986. The number of hydrogen-bond acceptors (Lipinski definition) is 3. The van der Waals surface area contributed by atoms with Crippen LogP contribution in [0.25, 0.3) is 0 Å². The Morgan fingerprint density at radius 1 is 1.22 bits per heavy atom. The highest BCUT2D eigenvalue weighted by molar-refractivity contribution is 6.00. The number of nitrogens with one attached hydrogen (secondary N) is 1. The topological polar surface area (TPSA) is 60.9 Å². The Bertz CT molecular complexity index is 994. The van der Waals surface area contributed by atoms with Crippen LogP contribution in [0.5, 0.6) is 0 Å². The number of piperidine rings is 1. The molecule has 6 heteroatoms. The van der Waals surface area contributed by atoms with Crippen LogP contribution >= 0.6 is 0 Å². The molecule has 1 spiro atoms. The van der Waals surface area contributed by atoms with Gasteiger partial charge in [-0.05, 0) is 51.2 Å². The lowest BCUT2D eigenvalue weighted by molar-refractivity contribution is -0.0459. The van der Waals surface area contributed by atoms with Crippen molar-refractivity contribution in [1.82, 2.24) is 14.8 Å². The number of aliphatic imine (C=N–C) groups is 1. The molecule has 2 aromatic rings. The van der Waals surface area contributed by atoms with Crippen molar-refractivity contribution in [2.75, 3.05) is 19.6 Å². The molecule has 2 saturated heterocycles. The summed E-state index contributed by atoms with van der Waals surface area (Å²) < 4.78 is 5.66. The van der Waals surface area contributed by atoms with Gasteiger partial charge in [0.25, 0.3) is 0 Å². The number of nitrogens with zero attached hydrogens (tertiary/aromatic N) is 3. The summed E-state index contributed by atoms with van der Waals surface area (Å²) in [7, 11) is 0. The Hall–Kier alpha value is -3.02. The normalized spacial score (nSPS) is 21.6. The molecule has 0 bridgehead atoms. The second-order valence-electron chi connectivity index (χ2n) is 8.99. The molecule has 2 aliphatic heterocycles. The smallest absolute Gasteiger partial charge is 0.410 e. The number of likely N-dealkylation sites (tertiary alicyclic amines) is 2. The molecular weight excluding hydrogens is 400 g/mol. The van der Waals surface area contributed by atoms with Gasteiger partial charge in [-0.1, -0.05) is 42.8 Å². The van der Waals surface area contributed by atoms with Crippen LogP contribution in [0.4, 0.5) is 4.79 Å². The first-order chi connectivity index (χ1) is 15.5. The third-order valence-corrected chi connectivity index (χ3v) is 6.81. The number of carbonyl (C=O) groups excluding carboxylic acids is 1. The van der Waals surface area contributed by atoms with Gasteiger partial charge in [-0.25, -0.2) is 9.79 Å². The molecule has 32 heavy (non-hydrogen) atoms. The number of allylic oxidation sites excluding steroid dienone is 1. The fraction of sp³-hybridized carbons (Fsp3) is 0.462. The number of aromatic nitrogens is 1. The average molecular weight is 435 g/mol. The number of amides is 1. The SMILES string of the molecule is CC/C(C)=C/N=C(c1cc[nH]c1C)N1CCCC2(CCN2C(=O)OCc2ccccc2)C1. The molecule has 1 N–H and O–H groups in total. The van der Waals surface area contributed by atoms with E-state index in [0.717, 1.165) is 68.0 Å². The first kappa shape index (κ1) is 22.2. The van der Waals surface area contributed by atoms with E-state index in [1.54, 1.807) is 0 Å². The maximum absolute atomic E-state index is 12.9. The lowest BCUT2D eigenvalue weighted by Gasteiger charge is -2.56. The van der Waals surface area contributed by atoms with Crippen molar-refractivity contribution in [3.05, 3.63) is 71.2 Å². The molecule has 6 nitrogen and oxygen atoms in total. The number of carbonyl (C=O) groups is 1. The van der Waals surface area contributed by atoms with Crippen molar-refractivity contribution in [3.63, 3.8) is 0 Å². The Morgan fingerprint density at radius 3 is 2.69 bits per heavy atom. The van der Waals surface area contributed by atoms with Gasteiger partial charge in [-0.15, -0.1) is 0 Å². The zero-order valence-corrected chi connectivity index (χ0v) is 19.4. The molecule has 2 aliphatic rings. The van der Waals surface area contributed by atoms with Crippen LogP contribution in [0.1, 0.15) is 56.4 Å². The lowest BCUT2D eigenvalue weighted by atomic mass is 9.78. The lowest BCUT2D eigenvalue weighted by Crippen LogP contribution is -2.69. The molecule has 1 unspecified atom stereocenters. The Morgan fingerprint density at radius 2 is 2.03 bits per heavy atom. The van der Waals surface area contributed by atoms with E-state index in [1.807, 2.05) is 47.6 Å². The van der Waals surface area contributed by atoms with Gasteiger partial charge in [-0.2, -0.15) is 0 Å². The highest BCUT2D eigenvalue weighted by atomic mass is 16.6. The van der Waals surface area contributed by atoms with Gasteiger partial charge < -0.3 is 19.5 Å². The fourth-order valence-corrected chi connectivity index (χ4v) is 4.62. The quantitative estimate of drug-likeness (QED) is 0.516. The molecule has 2 fully saturated rings. The van der Waals surface area contributed by atoms with E-state index in [-0.39, 0.29) is 11.6 Å². The molecule has 0 aliphatic carbocycles. The third-order valence-electron chi connectivity index (χ3n) is 6.81. The van der Waals surface area contributed by atoms with Gasteiger partial charge in [0.15, 0.2) is 0 Å². The van der Waals surface area contributed by atoms with Crippen LogP contribution in [-0.4, -0.2) is 51.9 Å². The van der Waals surface area contributed by atoms with Crippen LogP contribution in [0.2, 0.25) is 0 Å². The zero-order chi connectivity index (χ0) is 22.6. The van der Waals surface area contributed by atoms with E-state index in [2.05, 4.69) is 36.7 Å². The summed E-state index contributed by atoms with van der Waals surface area (Å²) in [6.45, 7) is 9.13. The number of H-pyrrole nitrogens is 1. The molecule has 1 aromatic carbocycles. The first-order valence-electron chi connectivity index (χ1n) is 11.6. The Labute approximate surface area is 191 Å². The first-order valence-corrected chi connectivity index (χ1v) is 11.6. The number of hydrogen-bond donors (Lipinski definition) is 1. The van der Waals surface area contributed by atoms with E-state index in [0.29, 0.717) is 6.61 Å². The molecule has 1 atom stereocenters.